The first kappa shape index (κ1) is 13.8. The van der Waals surface area contributed by atoms with Crippen molar-refractivity contribution in [1.82, 2.24) is 4.90 Å². The average molecular weight is 263 g/mol. The van der Waals surface area contributed by atoms with Gasteiger partial charge in [-0.25, -0.2) is 0 Å². The van der Waals surface area contributed by atoms with Crippen LogP contribution in [-0.2, 0) is 0 Å². The molecule has 5 heteroatoms. The van der Waals surface area contributed by atoms with Crippen LogP contribution in [0.15, 0.2) is 18.2 Å². The SMILES string of the molecule is CCN1CCC(CNc2ccc([N+](=O)[O-])cc2C)C1. The number of rotatable bonds is 5. The van der Waals surface area contributed by atoms with Gasteiger partial charge in [0, 0.05) is 30.9 Å². The summed E-state index contributed by atoms with van der Waals surface area (Å²) in [6.07, 6.45) is 1.23. The van der Waals surface area contributed by atoms with Crippen molar-refractivity contribution in [3.05, 3.63) is 33.9 Å². The Bertz CT molecular complexity index is 462. The summed E-state index contributed by atoms with van der Waals surface area (Å²) in [6, 6.07) is 4.98. The summed E-state index contributed by atoms with van der Waals surface area (Å²) in [5, 5.41) is 14.1. The number of nitrogens with zero attached hydrogens (tertiary/aromatic N) is 2. The largest absolute Gasteiger partial charge is 0.384 e. The van der Waals surface area contributed by atoms with Gasteiger partial charge in [0.1, 0.15) is 0 Å². The molecule has 1 aliphatic rings. The van der Waals surface area contributed by atoms with Gasteiger partial charge in [0.15, 0.2) is 0 Å². The number of benzene rings is 1. The Labute approximate surface area is 113 Å². The molecular weight excluding hydrogens is 242 g/mol. The van der Waals surface area contributed by atoms with Crippen LogP contribution >= 0.6 is 0 Å². The normalized spacial score (nSPS) is 19.6. The van der Waals surface area contributed by atoms with Crippen LogP contribution in [0.5, 0.6) is 0 Å². The minimum Gasteiger partial charge on any atom is -0.384 e. The van der Waals surface area contributed by atoms with E-state index in [-0.39, 0.29) is 10.6 Å². The van der Waals surface area contributed by atoms with Crippen LogP contribution < -0.4 is 5.32 Å². The Kier molecular flexibility index (Phi) is 4.37. The molecule has 1 aliphatic heterocycles. The van der Waals surface area contributed by atoms with Gasteiger partial charge in [0.25, 0.3) is 5.69 Å². The highest BCUT2D eigenvalue weighted by molar-refractivity contribution is 5.55. The van der Waals surface area contributed by atoms with Crippen LogP contribution in [-0.4, -0.2) is 36.0 Å². The molecule has 19 heavy (non-hydrogen) atoms. The van der Waals surface area contributed by atoms with Gasteiger partial charge in [-0.3, -0.25) is 10.1 Å². The molecule has 1 aromatic rings. The molecule has 1 fully saturated rings. The molecule has 0 amide bonds. The molecule has 5 nitrogen and oxygen atoms in total. The maximum Gasteiger partial charge on any atom is 0.269 e. The smallest absolute Gasteiger partial charge is 0.269 e. The molecule has 104 valence electrons. The minimum atomic E-state index is -0.354. The average Bonchev–Trinajstić information content (AvgIpc) is 2.85. The maximum absolute atomic E-state index is 10.7. The lowest BCUT2D eigenvalue weighted by molar-refractivity contribution is -0.384. The van der Waals surface area contributed by atoms with Crippen molar-refractivity contribution in [2.45, 2.75) is 20.3 Å². The van der Waals surface area contributed by atoms with E-state index in [1.54, 1.807) is 18.2 Å². The van der Waals surface area contributed by atoms with Gasteiger partial charge < -0.3 is 10.2 Å². The standard InChI is InChI=1S/C14H21N3O2/c1-3-16-7-6-12(10-16)9-15-14-5-4-13(17(18)19)8-11(14)2/h4-5,8,12,15H,3,6-7,9-10H2,1-2H3. The number of nitrogens with one attached hydrogen (secondary N) is 1. The molecular formula is C14H21N3O2. The predicted molar refractivity (Wildman–Crippen MR) is 76.5 cm³/mol. The Morgan fingerprint density at radius 3 is 2.89 bits per heavy atom. The predicted octanol–water partition coefficient (Wildman–Crippen LogP) is 2.66. The van der Waals surface area contributed by atoms with Gasteiger partial charge in [-0.15, -0.1) is 0 Å². The second-order valence-electron chi connectivity index (χ2n) is 5.19. The van der Waals surface area contributed by atoms with Crippen molar-refractivity contribution in [3.8, 4) is 0 Å². The summed E-state index contributed by atoms with van der Waals surface area (Å²) in [6.45, 7) is 8.48. The summed E-state index contributed by atoms with van der Waals surface area (Å²) in [4.78, 5) is 12.8. The third-order valence-electron chi connectivity index (χ3n) is 3.82. The van der Waals surface area contributed by atoms with Crippen molar-refractivity contribution in [2.24, 2.45) is 5.92 Å². The van der Waals surface area contributed by atoms with E-state index in [0.29, 0.717) is 5.92 Å². The van der Waals surface area contributed by atoms with E-state index in [9.17, 15) is 10.1 Å². The van der Waals surface area contributed by atoms with E-state index in [1.165, 1.54) is 13.0 Å². The number of non-ortho nitro benzene ring substituents is 1. The van der Waals surface area contributed by atoms with Crippen molar-refractivity contribution >= 4 is 11.4 Å². The van der Waals surface area contributed by atoms with E-state index in [0.717, 1.165) is 30.9 Å². The van der Waals surface area contributed by atoms with Gasteiger partial charge >= 0.3 is 0 Å². The van der Waals surface area contributed by atoms with Crippen LogP contribution in [0.3, 0.4) is 0 Å². The molecule has 1 aromatic carbocycles. The highest BCUT2D eigenvalue weighted by Gasteiger charge is 2.20. The van der Waals surface area contributed by atoms with Gasteiger partial charge in [-0.1, -0.05) is 6.92 Å². The van der Waals surface area contributed by atoms with Crippen molar-refractivity contribution in [1.29, 1.82) is 0 Å². The Morgan fingerprint density at radius 1 is 1.53 bits per heavy atom. The minimum absolute atomic E-state index is 0.154. The number of nitro benzene ring substituents is 1. The monoisotopic (exact) mass is 263 g/mol. The maximum atomic E-state index is 10.7. The van der Waals surface area contributed by atoms with Crippen LogP contribution in [0.1, 0.15) is 18.9 Å². The van der Waals surface area contributed by atoms with Crippen molar-refractivity contribution in [3.63, 3.8) is 0 Å². The quantitative estimate of drug-likeness (QED) is 0.655. The second-order valence-corrected chi connectivity index (χ2v) is 5.19. The molecule has 0 radical (unpaired) electrons. The number of hydrogen-bond acceptors (Lipinski definition) is 4. The molecule has 1 N–H and O–H groups in total. The van der Waals surface area contributed by atoms with Gasteiger partial charge in [-0.2, -0.15) is 0 Å². The fourth-order valence-electron chi connectivity index (χ4n) is 2.58. The lowest BCUT2D eigenvalue weighted by Crippen LogP contribution is -2.22. The van der Waals surface area contributed by atoms with Crippen LogP contribution in [0.4, 0.5) is 11.4 Å². The molecule has 0 aromatic heterocycles. The summed E-state index contributed by atoms with van der Waals surface area (Å²) in [5.41, 5.74) is 2.08. The third-order valence-corrected chi connectivity index (χ3v) is 3.82. The van der Waals surface area contributed by atoms with Gasteiger partial charge in [0.2, 0.25) is 0 Å². The zero-order valence-electron chi connectivity index (χ0n) is 11.6. The Hall–Kier alpha value is -1.62. The number of aryl methyl sites for hydroxylation is 1. The van der Waals surface area contributed by atoms with E-state index >= 15 is 0 Å². The number of hydrogen-bond donors (Lipinski definition) is 1. The summed E-state index contributed by atoms with van der Waals surface area (Å²) in [7, 11) is 0. The molecule has 1 unspecified atom stereocenters. The molecule has 0 saturated carbocycles. The number of anilines is 1. The van der Waals surface area contributed by atoms with E-state index < -0.39 is 0 Å². The first-order valence-electron chi connectivity index (χ1n) is 6.81. The second kappa shape index (κ2) is 6.02. The van der Waals surface area contributed by atoms with Crippen molar-refractivity contribution in [2.75, 3.05) is 31.5 Å². The summed E-state index contributed by atoms with van der Waals surface area (Å²) >= 11 is 0. The molecule has 0 spiro atoms. The highest BCUT2D eigenvalue weighted by atomic mass is 16.6. The van der Waals surface area contributed by atoms with Crippen molar-refractivity contribution < 1.29 is 4.92 Å². The molecule has 1 atom stereocenters. The van der Waals surface area contributed by atoms with Crippen LogP contribution in [0.2, 0.25) is 0 Å². The molecule has 0 bridgehead atoms. The number of nitro groups is 1. The molecule has 0 aliphatic carbocycles. The highest BCUT2D eigenvalue weighted by Crippen LogP contribution is 2.22. The zero-order chi connectivity index (χ0) is 13.8. The third kappa shape index (κ3) is 3.44. The van der Waals surface area contributed by atoms with E-state index in [4.69, 9.17) is 0 Å². The van der Waals surface area contributed by atoms with E-state index in [2.05, 4.69) is 17.1 Å². The number of likely N-dealkylation sites (tertiary alicyclic amines) is 1. The first-order valence-corrected chi connectivity index (χ1v) is 6.81. The summed E-state index contributed by atoms with van der Waals surface area (Å²) < 4.78 is 0. The Morgan fingerprint density at radius 2 is 2.32 bits per heavy atom. The topological polar surface area (TPSA) is 58.4 Å². The molecule has 1 heterocycles. The van der Waals surface area contributed by atoms with Gasteiger partial charge in [-0.05, 0) is 44.0 Å². The van der Waals surface area contributed by atoms with Gasteiger partial charge in [0.05, 0.1) is 4.92 Å². The molecule has 2 rings (SSSR count). The van der Waals surface area contributed by atoms with Crippen LogP contribution in [0.25, 0.3) is 0 Å². The summed E-state index contributed by atoms with van der Waals surface area (Å²) in [5.74, 6) is 0.676. The first-order chi connectivity index (χ1) is 9.10. The molecule has 1 saturated heterocycles. The fourth-order valence-corrected chi connectivity index (χ4v) is 2.58. The zero-order valence-corrected chi connectivity index (χ0v) is 11.6. The lowest BCUT2D eigenvalue weighted by Gasteiger charge is -2.15. The lowest BCUT2D eigenvalue weighted by atomic mass is 10.1. The van der Waals surface area contributed by atoms with Crippen LogP contribution in [0, 0.1) is 23.0 Å². The van der Waals surface area contributed by atoms with E-state index in [1.807, 2.05) is 6.92 Å². The fraction of sp³-hybridized carbons (Fsp3) is 0.571. The Balaban J connectivity index is 1.91.